The molecule has 0 radical (unpaired) electrons. The molecule has 3 N–H and O–H groups in total. The molecule has 0 aliphatic carbocycles. The van der Waals surface area contributed by atoms with Crippen LogP contribution in [0.2, 0.25) is 5.02 Å². The van der Waals surface area contributed by atoms with E-state index < -0.39 is 0 Å². The molecule has 0 bridgehead atoms. The van der Waals surface area contributed by atoms with Crippen molar-refractivity contribution in [2.75, 3.05) is 11.1 Å². The summed E-state index contributed by atoms with van der Waals surface area (Å²) in [6.07, 6.45) is 1.65. The zero-order chi connectivity index (χ0) is 11.5. The number of hydrogen-bond acceptors (Lipinski definition) is 3. The molecule has 1 aromatic carbocycles. The van der Waals surface area contributed by atoms with Gasteiger partial charge < -0.3 is 11.1 Å². The molecule has 0 unspecified atom stereocenters. The Labute approximate surface area is 112 Å². The summed E-state index contributed by atoms with van der Waals surface area (Å²) in [6.45, 7) is 0. The maximum Gasteiger partial charge on any atom is 0.132 e. The van der Waals surface area contributed by atoms with E-state index in [4.69, 9.17) is 17.3 Å². The Balaban J connectivity index is 2.27. The highest BCUT2D eigenvalue weighted by Gasteiger charge is 2.02. The molecule has 0 aliphatic heterocycles. The standard InChI is InChI=1S/C11H9ClIN3/c12-9-5-7(13)1-2-10(9)16-11-6-8(14)3-4-15-11/h1-6H,(H3,14,15,16). The van der Waals surface area contributed by atoms with Crippen LogP contribution in [0.3, 0.4) is 0 Å². The quantitative estimate of drug-likeness (QED) is 0.817. The number of halogens is 2. The molecule has 0 aliphatic rings. The van der Waals surface area contributed by atoms with Crippen molar-refractivity contribution < 1.29 is 0 Å². The van der Waals surface area contributed by atoms with Crippen molar-refractivity contribution in [3.63, 3.8) is 0 Å². The fraction of sp³-hybridized carbons (Fsp3) is 0. The molecule has 0 saturated carbocycles. The van der Waals surface area contributed by atoms with Gasteiger partial charge >= 0.3 is 0 Å². The lowest BCUT2D eigenvalue weighted by molar-refractivity contribution is 1.31. The average molecular weight is 346 g/mol. The van der Waals surface area contributed by atoms with E-state index in [-0.39, 0.29) is 0 Å². The van der Waals surface area contributed by atoms with Crippen LogP contribution in [0.1, 0.15) is 0 Å². The highest BCUT2D eigenvalue weighted by Crippen LogP contribution is 2.26. The number of nitrogen functional groups attached to an aromatic ring is 1. The molecule has 1 aromatic heterocycles. The van der Waals surface area contributed by atoms with Gasteiger partial charge in [0, 0.05) is 21.5 Å². The van der Waals surface area contributed by atoms with Crippen LogP contribution in [0.4, 0.5) is 17.2 Å². The van der Waals surface area contributed by atoms with Crippen molar-refractivity contribution in [1.29, 1.82) is 0 Å². The second-order valence-electron chi connectivity index (χ2n) is 3.22. The van der Waals surface area contributed by atoms with E-state index in [1.807, 2.05) is 18.2 Å². The molecule has 1 heterocycles. The van der Waals surface area contributed by atoms with Gasteiger partial charge in [0.25, 0.3) is 0 Å². The Kier molecular flexibility index (Phi) is 3.50. The van der Waals surface area contributed by atoms with E-state index in [2.05, 4.69) is 32.9 Å². The summed E-state index contributed by atoms with van der Waals surface area (Å²) in [6, 6.07) is 9.27. The van der Waals surface area contributed by atoms with Crippen LogP contribution in [0.15, 0.2) is 36.5 Å². The molecule has 2 aromatic rings. The van der Waals surface area contributed by atoms with Gasteiger partial charge in [-0.3, -0.25) is 0 Å². The summed E-state index contributed by atoms with van der Waals surface area (Å²) in [7, 11) is 0. The first kappa shape index (κ1) is 11.5. The summed E-state index contributed by atoms with van der Waals surface area (Å²) < 4.78 is 1.09. The van der Waals surface area contributed by atoms with Gasteiger partial charge in [0.2, 0.25) is 0 Å². The number of nitrogens with two attached hydrogens (primary N) is 1. The second kappa shape index (κ2) is 4.88. The lowest BCUT2D eigenvalue weighted by atomic mass is 10.3. The Morgan fingerprint density at radius 1 is 1.25 bits per heavy atom. The number of aromatic nitrogens is 1. The SMILES string of the molecule is Nc1ccnc(Nc2ccc(I)cc2Cl)c1. The van der Waals surface area contributed by atoms with Gasteiger partial charge in [-0.15, -0.1) is 0 Å². The molecule has 0 saturated heterocycles. The highest BCUT2D eigenvalue weighted by atomic mass is 127. The molecule has 3 nitrogen and oxygen atoms in total. The molecule has 2 rings (SSSR count). The number of anilines is 3. The van der Waals surface area contributed by atoms with Gasteiger partial charge in [-0.1, -0.05) is 11.6 Å². The van der Waals surface area contributed by atoms with Crippen LogP contribution in [0.25, 0.3) is 0 Å². The predicted octanol–water partition coefficient (Wildman–Crippen LogP) is 3.67. The average Bonchev–Trinajstić information content (AvgIpc) is 2.22. The first-order valence-electron chi connectivity index (χ1n) is 4.59. The fourth-order valence-electron chi connectivity index (χ4n) is 1.24. The largest absolute Gasteiger partial charge is 0.399 e. The van der Waals surface area contributed by atoms with Gasteiger partial charge in [0.15, 0.2) is 0 Å². The zero-order valence-corrected chi connectivity index (χ0v) is 11.2. The van der Waals surface area contributed by atoms with Crippen LogP contribution < -0.4 is 11.1 Å². The Hall–Kier alpha value is -1.01. The monoisotopic (exact) mass is 345 g/mol. The van der Waals surface area contributed by atoms with Crippen molar-refractivity contribution in [2.45, 2.75) is 0 Å². The summed E-state index contributed by atoms with van der Waals surface area (Å²) in [5.41, 5.74) is 7.15. The third kappa shape index (κ3) is 2.76. The highest BCUT2D eigenvalue weighted by molar-refractivity contribution is 14.1. The Morgan fingerprint density at radius 2 is 2.06 bits per heavy atom. The van der Waals surface area contributed by atoms with Crippen molar-refractivity contribution in [2.24, 2.45) is 0 Å². The van der Waals surface area contributed by atoms with Gasteiger partial charge in [-0.25, -0.2) is 4.98 Å². The van der Waals surface area contributed by atoms with Crippen molar-refractivity contribution in [3.05, 3.63) is 45.1 Å². The molecule has 82 valence electrons. The molecule has 0 amide bonds. The molecular formula is C11H9ClIN3. The third-order valence-corrected chi connectivity index (χ3v) is 2.96. The Bertz CT molecular complexity index is 516. The Morgan fingerprint density at radius 3 is 2.75 bits per heavy atom. The third-order valence-electron chi connectivity index (χ3n) is 1.98. The van der Waals surface area contributed by atoms with Crippen LogP contribution in [-0.4, -0.2) is 4.98 Å². The fourth-order valence-corrected chi connectivity index (χ4v) is 2.15. The minimum atomic E-state index is 0.663. The summed E-state index contributed by atoms with van der Waals surface area (Å²) in [5.74, 6) is 0.683. The first-order chi connectivity index (χ1) is 7.65. The lowest BCUT2D eigenvalue weighted by Gasteiger charge is -2.08. The van der Waals surface area contributed by atoms with Gasteiger partial charge in [0.1, 0.15) is 5.82 Å². The van der Waals surface area contributed by atoms with Crippen LogP contribution in [0.5, 0.6) is 0 Å². The van der Waals surface area contributed by atoms with Gasteiger partial charge in [0.05, 0.1) is 10.7 Å². The maximum absolute atomic E-state index is 6.09. The van der Waals surface area contributed by atoms with Crippen LogP contribution >= 0.6 is 34.2 Å². The molecule has 0 spiro atoms. The minimum absolute atomic E-state index is 0.663. The topological polar surface area (TPSA) is 50.9 Å². The minimum Gasteiger partial charge on any atom is -0.399 e. The second-order valence-corrected chi connectivity index (χ2v) is 4.88. The smallest absolute Gasteiger partial charge is 0.132 e. The van der Waals surface area contributed by atoms with Gasteiger partial charge in [-0.05, 0) is 46.9 Å². The molecule has 16 heavy (non-hydrogen) atoms. The number of rotatable bonds is 2. The van der Waals surface area contributed by atoms with Crippen LogP contribution in [0, 0.1) is 3.57 Å². The maximum atomic E-state index is 6.09. The number of benzene rings is 1. The first-order valence-corrected chi connectivity index (χ1v) is 6.04. The van der Waals surface area contributed by atoms with E-state index in [1.54, 1.807) is 18.3 Å². The van der Waals surface area contributed by atoms with E-state index in [9.17, 15) is 0 Å². The molecular weight excluding hydrogens is 336 g/mol. The number of nitrogens with one attached hydrogen (secondary N) is 1. The van der Waals surface area contributed by atoms with E-state index in [0.717, 1.165) is 9.26 Å². The molecule has 5 heteroatoms. The van der Waals surface area contributed by atoms with E-state index in [0.29, 0.717) is 16.5 Å². The lowest BCUT2D eigenvalue weighted by Crippen LogP contribution is -1.95. The number of hydrogen-bond donors (Lipinski definition) is 2. The number of pyridine rings is 1. The van der Waals surface area contributed by atoms with Crippen molar-refractivity contribution in [3.8, 4) is 0 Å². The van der Waals surface area contributed by atoms with Crippen molar-refractivity contribution >= 4 is 51.4 Å². The summed E-state index contributed by atoms with van der Waals surface area (Å²) in [5, 5.41) is 3.78. The predicted molar refractivity (Wildman–Crippen MR) is 76.1 cm³/mol. The summed E-state index contributed by atoms with van der Waals surface area (Å²) >= 11 is 8.30. The van der Waals surface area contributed by atoms with E-state index in [1.165, 1.54) is 0 Å². The molecule has 0 atom stereocenters. The van der Waals surface area contributed by atoms with Crippen molar-refractivity contribution in [1.82, 2.24) is 4.98 Å². The molecule has 0 fully saturated rings. The van der Waals surface area contributed by atoms with Gasteiger partial charge in [-0.2, -0.15) is 0 Å². The normalized spacial score (nSPS) is 10.1. The summed E-state index contributed by atoms with van der Waals surface area (Å²) in [4.78, 5) is 4.15. The number of nitrogens with zero attached hydrogens (tertiary/aromatic N) is 1. The van der Waals surface area contributed by atoms with E-state index >= 15 is 0 Å². The van der Waals surface area contributed by atoms with Crippen LogP contribution in [-0.2, 0) is 0 Å². The zero-order valence-electron chi connectivity index (χ0n) is 8.24.